The van der Waals surface area contributed by atoms with E-state index in [1.165, 1.54) is 17.2 Å². The van der Waals surface area contributed by atoms with Gasteiger partial charge in [0.25, 0.3) is 5.91 Å². The number of ether oxygens (including phenoxy) is 2. The highest BCUT2D eigenvalue weighted by Gasteiger charge is 2.24. The van der Waals surface area contributed by atoms with E-state index >= 15 is 0 Å². The zero-order valence-corrected chi connectivity index (χ0v) is 16.9. The van der Waals surface area contributed by atoms with Crippen LogP contribution in [0.2, 0.25) is 0 Å². The number of nitrogens with zero attached hydrogens (tertiary/aromatic N) is 1. The van der Waals surface area contributed by atoms with Crippen LogP contribution in [-0.4, -0.2) is 34.9 Å². The monoisotopic (exact) mass is 432 g/mol. The third kappa shape index (κ3) is 4.00. The van der Waals surface area contributed by atoms with Gasteiger partial charge in [0, 0.05) is 17.8 Å². The van der Waals surface area contributed by atoms with Gasteiger partial charge in [-0.3, -0.25) is 10.1 Å². The van der Waals surface area contributed by atoms with Crippen LogP contribution in [0.15, 0.2) is 54.6 Å². The van der Waals surface area contributed by atoms with Crippen molar-refractivity contribution < 1.29 is 24.2 Å². The molecule has 2 amide bonds. The van der Waals surface area contributed by atoms with E-state index in [2.05, 4.69) is 33.1 Å². The third-order valence-electron chi connectivity index (χ3n) is 5.35. The molecule has 32 heavy (non-hydrogen) atoms. The Morgan fingerprint density at radius 1 is 1.00 bits per heavy atom. The number of carbonyl (C=O) groups is 2. The van der Waals surface area contributed by atoms with Gasteiger partial charge < -0.3 is 25.2 Å². The van der Waals surface area contributed by atoms with E-state index in [0.29, 0.717) is 22.9 Å². The summed E-state index contributed by atoms with van der Waals surface area (Å²) in [5.41, 5.74) is 3.64. The van der Waals surface area contributed by atoms with Crippen molar-refractivity contribution in [3.8, 4) is 11.5 Å². The van der Waals surface area contributed by atoms with Crippen LogP contribution in [0.4, 0.5) is 22.0 Å². The summed E-state index contributed by atoms with van der Waals surface area (Å²) in [7, 11) is 0. The first kappa shape index (κ1) is 19.7. The van der Waals surface area contributed by atoms with Gasteiger partial charge in [0.05, 0.1) is 5.69 Å². The standard InChI is InChI=1S/C23H20N4O5/c28-22(25-15-8-13-4-1-2-5-14(13)9-15)18-10-16(11-20(26-18)27-23(29)30)24-17-6-3-7-19-21(17)32-12-31-19/h1-7,10-11,15H,8-9,12H2,(H,25,28)(H,29,30)(H2,24,26,27). The second-order valence-corrected chi connectivity index (χ2v) is 7.57. The van der Waals surface area contributed by atoms with Crippen LogP contribution in [-0.2, 0) is 12.8 Å². The first-order valence-electron chi connectivity index (χ1n) is 10.1. The van der Waals surface area contributed by atoms with Crippen LogP contribution >= 0.6 is 0 Å². The third-order valence-corrected chi connectivity index (χ3v) is 5.35. The molecule has 1 aromatic heterocycles. The van der Waals surface area contributed by atoms with Crippen molar-refractivity contribution in [1.82, 2.24) is 10.3 Å². The molecule has 0 fully saturated rings. The maximum atomic E-state index is 13.0. The number of anilines is 3. The fourth-order valence-corrected chi connectivity index (χ4v) is 4.00. The maximum Gasteiger partial charge on any atom is 0.410 e. The zero-order chi connectivity index (χ0) is 22.1. The molecule has 0 saturated carbocycles. The van der Waals surface area contributed by atoms with Crippen LogP contribution in [0.3, 0.4) is 0 Å². The molecule has 5 rings (SSSR count). The van der Waals surface area contributed by atoms with Gasteiger partial charge in [-0.2, -0.15) is 0 Å². The van der Waals surface area contributed by atoms with Crippen molar-refractivity contribution in [2.75, 3.05) is 17.4 Å². The molecule has 0 radical (unpaired) electrons. The van der Waals surface area contributed by atoms with Crippen molar-refractivity contribution in [1.29, 1.82) is 0 Å². The van der Waals surface area contributed by atoms with Crippen molar-refractivity contribution >= 4 is 29.2 Å². The van der Waals surface area contributed by atoms with Gasteiger partial charge in [0.2, 0.25) is 6.79 Å². The summed E-state index contributed by atoms with van der Waals surface area (Å²) < 4.78 is 10.9. The Labute approximate surface area is 183 Å². The Kier molecular flexibility index (Phi) is 4.98. The van der Waals surface area contributed by atoms with Crippen molar-refractivity contribution in [3.63, 3.8) is 0 Å². The molecule has 1 aliphatic carbocycles. The number of amides is 2. The molecule has 9 heteroatoms. The van der Waals surface area contributed by atoms with Crippen LogP contribution in [0, 0.1) is 0 Å². The minimum absolute atomic E-state index is 0.0344. The van der Waals surface area contributed by atoms with Crippen LogP contribution in [0.5, 0.6) is 11.5 Å². The minimum Gasteiger partial charge on any atom is -0.465 e. The Balaban J connectivity index is 1.39. The molecule has 0 atom stereocenters. The summed E-state index contributed by atoms with van der Waals surface area (Å²) in [5, 5.41) is 17.5. The molecule has 0 unspecified atom stereocenters. The van der Waals surface area contributed by atoms with Crippen molar-refractivity contribution in [3.05, 3.63) is 71.4 Å². The van der Waals surface area contributed by atoms with Crippen LogP contribution < -0.4 is 25.4 Å². The topological polar surface area (TPSA) is 122 Å². The largest absolute Gasteiger partial charge is 0.465 e. The molecule has 1 aliphatic heterocycles. The molecule has 4 N–H and O–H groups in total. The normalized spacial score (nSPS) is 14.0. The lowest BCUT2D eigenvalue weighted by Gasteiger charge is -2.15. The Morgan fingerprint density at radius 3 is 2.53 bits per heavy atom. The second-order valence-electron chi connectivity index (χ2n) is 7.57. The number of aromatic nitrogens is 1. The summed E-state index contributed by atoms with van der Waals surface area (Å²) in [4.78, 5) is 28.3. The van der Waals surface area contributed by atoms with Gasteiger partial charge in [-0.25, -0.2) is 9.78 Å². The SMILES string of the molecule is O=C(O)Nc1cc(Nc2cccc3c2OCO3)cc(C(=O)NC2Cc3ccccc3C2)n1. The highest BCUT2D eigenvalue weighted by atomic mass is 16.7. The highest BCUT2D eigenvalue weighted by molar-refractivity contribution is 5.95. The lowest BCUT2D eigenvalue weighted by atomic mass is 10.1. The van der Waals surface area contributed by atoms with E-state index in [9.17, 15) is 9.59 Å². The number of para-hydroxylation sites is 1. The number of nitrogens with one attached hydrogen (secondary N) is 3. The van der Waals surface area contributed by atoms with E-state index in [0.717, 1.165) is 12.8 Å². The average molecular weight is 432 g/mol. The van der Waals surface area contributed by atoms with Gasteiger partial charge in [0.15, 0.2) is 11.5 Å². The second kappa shape index (κ2) is 8.10. The van der Waals surface area contributed by atoms with E-state index < -0.39 is 6.09 Å². The van der Waals surface area contributed by atoms with Gasteiger partial charge in [-0.05, 0) is 42.2 Å². The number of carboxylic acid groups (broad SMARTS) is 1. The van der Waals surface area contributed by atoms with Crippen LogP contribution in [0.1, 0.15) is 21.6 Å². The molecule has 3 aromatic rings. The summed E-state index contributed by atoms with van der Waals surface area (Å²) in [6.07, 6.45) is 0.214. The van der Waals surface area contributed by atoms with E-state index in [-0.39, 0.29) is 30.3 Å². The lowest BCUT2D eigenvalue weighted by molar-refractivity contribution is 0.0933. The number of rotatable bonds is 5. The Bertz CT molecular complexity index is 1190. The minimum atomic E-state index is -1.27. The number of hydrogen-bond acceptors (Lipinski definition) is 6. The molecule has 2 aliphatic rings. The van der Waals surface area contributed by atoms with Crippen molar-refractivity contribution in [2.45, 2.75) is 18.9 Å². The maximum absolute atomic E-state index is 13.0. The molecule has 2 aromatic carbocycles. The molecule has 2 heterocycles. The predicted molar refractivity (Wildman–Crippen MR) is 117 cm³/mol. The number of hydrogen-bond donors (Lipinski definition) is 4. The van der Waals surface area contributed by atoms with E-state index in [1.54, 1.807) is 24.3 Å². The molecular formula is C23H20N4O5. The fourth-order valence-electron chi connectivity index (χ4n) is 4.00. The van der Waals surface area contributed by atoms with Crippen molar-refractivity contribution in [2.24, 2.45) is 0 Å². The molecular weight excluding hydrogens is 412 g/mol. The smallest absolute Gasteiger partial charge is 0.410 e. The van der Waals surface area contributed by atoms with E-state index in [1.807, 2.05) is 12.1 Å². The number of carbonyl (C=O) groups excluding carboxylic acids is 1. The van der Waals surface area contributed by atoms with Gasteiger partial charge >= 0.3 is 6.09 Å². The summed E-state index contributed by atoms with van der Waals surface area (Å²) in [5.74, 6) is 0.809. The first-order chi connectivity index (χ1) is 15.5. The number of benzene rings is 2. The number of fused-ring (bicyclic) bond motifs is 2. The Hall–Kier alpha value is -4.27. The fraction of sp³-hybridized carbons (Fsp3) is 0.174. The van der Waals surface area contributed by atoms with Gasteiger partial charge in [-0.1, -0.05) is 30.3 Å². The summed E-state index contributed by atoms with van der Waals surface area (Å²) in [6, 6.07) is 16.5. The van der Waals surface area contributed by atoms with Gasteiger partial charge in [0.1, 0.15) is 11.5 Å². The Morgan fingerprint density at radius 2 is 1.78 bits per heavy atom. The van der Waals surface area contributed by atoms with Gasteiger partial charge in [-0.15, -0.1) is 0 Å². The molecule has 0 bridgehead atoms. The summed E-state index contributed by atoms with van der Waals surface area (Å²) in [6.45, 7) is 0.119. The lowest BCUT2D eigenvalue weighted by Crippen LogP contribution is -2.36. The molecule has 0 spiro atoms. The zero-order valence-electron chi connectivity index (χ0n) is 16.9. The highest BCUT2D eigenvalue weighted by Crippen LogP contribution is 2.40. The first-order valence-corrected chi connectivity index (χ1v) is 10.1. The molecule has 0 saturated heterocycles. The molecule has 162 valence electrons. The predicted octanol–water partition coefficient (Wildman–Crippen LogP) is 3.54. The number of pyridine rings is 1. The average Bonchev–Trinajstić information content (AvgIpc) is 3.40. The van der Waals surface area contributed by atoms with E-state index in [4.69, 9.17) is 14.6 Å². The quantitative estimate of drug-likeness (QED) is 0.486. The summed E-state index contributed by atoms with van der Waals surface area (Å²) >= 11 is 0. The molecule has 9 nitrogen and oxygen atoms in total. The van der Waals surface area contributed by atoms with Crippen LogP contribution in [0.25, 0.3) is 0 Å².